The lowest BCUT2D eigenvalue weighted by molar-refractivity contribution is -0.141. The number of aryl methyl sites for hydroxylation is 1. The molecule has 2 heterocycles. The second-order valence-corrected chi connectivity index (χ2v) is 8.13. The van der Waals surface area contributed by atoms with Gasteiger partial charge in [0.25, 0.3) is 0 Å². The van der Waals surface area contributed by atoms with Gasteiger partial charge in [0.15, 0.2) is 0 Å². The van der Waals surface area contributed by atoms with Crippen LogP contribution in [-0.2, 0) is 30.5 Å². The smallest absolute Gasteiger partial charge is 0.307 e. The second-order valence-electron chi connectivity index (χ2n) is 8.13. The van der Waals surface area contributed by atoms with Gasteiger partial charge in [0.2, 0.25) is 0 Å². The molecule has 0 saturated heterocycles. The third-order valence-corrected chi connectivity index (χ3v) is 5.60. The van der Waals surface area contributed by atoms with Gasteiger partial charge in [-0.15, -0.1) is 0 Å². The summed E-state index contributed by atoms with van der Waals surface area (Å²) in [5, 5.41) is 9.86. The lowest BCUT2D eigenvalue weighted by Crippen LogP contribution is -2.21. The number of aliphatic carboxylic acids is 1. The van der Waals surface area contributed by atoms with Crippen molar-refractivity contribution in [3.8, 4) is 11.3 Å². The van der Waals surface area contributed by atoms with Gasteiger partial charge in [0, 0.05) is 37.3 Å². The van der Waals surface area contributed by atoms with Crippen LogP contribution in [0, 0.1) is 17.6 Å². The van der Waals surface area contributed by atoms with Crippen LogP contribution >= 0.6 is 0 Å². The maximum atomic E-state index is 13.8. The highest BCUT2D eigenvalue weighted by molar-refractivity contribution is 5.70. The SMILES string of the molecule is CCc1ccc(CC(Cc2ncc(-c3ccccc3)nc2Cc2cc(F)cc(F)c2)C(=O)O)o1. The van der Waals surface area contributed by atoms with Gasteiger partial charge in [-0.3, -0.25) is 9.78 Å². The third kappa shape index (κ3) is 5.73. The van der Waals surface area contributed by atoms with E-state index in [4.69, 9.17) is 9.40 Å². The molecule has 0 bridgehead atoms. The number of carboxylic acid groups (broad SMARTS) is 1. The number of benzene rings is 2. The van der Waals surface area contributed by atoms with E-state index in [0.29, 0.717) is 28.4 Å². The first-order valence-electron chi connectivity index (χ1n) is 11.1. The molecule has 0 radical (unpaired) electrons. The predicted octanol–water partition coefficient (Wildman–Crippen LogP) is 5.65. The average Bonchev–Trinajstić information content (AvgIpc) is 3.27. The van der Waals surface area contributed by atoms with Crippen LogP contribution in [0.5, 0.6) is 0 Å². The van der Waals surface area contributed by atoms with Crippen molar-refractivity contribution in [3.63, 3.8) is 0 Å². The number of aromatic nitrogens is 2. The number of rotatable bonds is 9. The van der Waals surface area contributed by atoms with E-state index < -0.39 is 23.5 Å². The Morgan fingerprint density at radius 2 is 1.68 bits per heavy atom. The molecule has 4 aromatic rings. The van der Waals surface area contributed by atoms with Gasteiger partial charge in [-0.25, -0.2) is 13.8 Å². The number of nitrogens with zero attached hydrogens (tertiary/aromatic N) is 2. The van der Waals surface area contributed by atoms with Crippen molar-refractivity contribution >= 4 is 5.97 Å². The minimum absolute atomic E-state index is 0.104. The summed E-state index contributed by atoms with van der Waals surface area (Å²) >= 11 is 0. The zero-order chi connectivity index (χ0) is 24.1. The molecule has 0 spiro atoms. The van der Waals surface area contributed by atoms with Crippen molar-refractivity contribution < 1.29 is 23.1 Å². The lowest BCUT2D eigenvalue weighted by Gasteiger charge is -2.15. The standard InChI is InChI=1S/C27H24F2N2O3/c1-2-22-8-9-23(34-22)13-19(27(32)33)14-24-25(12-17-10-20(28)15-21(29)11-17)31-26(16-30-24)18-6-4-3-5-7-18/h3-11,15-16,19H,2,12-14H2,1H3,(H,32,33). The second kappa shape index (κ2) is 10.4. The molecule has 1 unspecified atom stereocenters. The molecule has 7 heteroatoms. The molecule has 34 heavy (non-hydrogen) atoms. The minimum atomic E-state index is -0.980. The molecule has 1 atom stereocenters. The largest absolute Gasteiger partial charge is 0.481 e. The van der Waals surface area contributed by atoms with Crippen LogP contribution in [-0.4, -0.2) is 21.0 Å². The summed E-state index contributed by atoms with van der Waals surface area (Å²) in [6, 6.07) is 16.3. The van der Waals surface area contributed by atoms with Gasteiger partial charge in [-0.2, -0.15) is 0 Å². The summed E-state index contributed by atoms with van der Waals surface area (Å²) in [4.78, 5) is 21.3. The van der Waals surface area contributed by atoms with Crippen LogP contribution < -0.4 is 0 Å². The van der Waals surface area contributed by atoms with Crippen molar-refractivity contribution in [2.24, 2.45) is 5.92 Å². The Morgan fingerprint density at radius 3 is 2.32 bits per heavy atom. The highest BCUT2D eigenvalue weighted by atomic mass is 19.1. The van der Waals surface area contributed by atoms with Gasteiger partial charge >= 0.3 is 5.97 Å². The Kier molecular flexibility index (Phi) is 7.11. The number of hydrogen-bond donors (Lipinski definition) is 1. The molecule has 0 aliphatic carbocycles. The van der Waals surface area contributed by atoms with E-state index >= 15 is 0 Å². The molecular formula is C27H24F2N2O3. The first-order valence-corrected chi connectivity index (χ1v) is 11.1. The van der Waals surface area contributed by atoms with Gasteiger partial charge < -0.3 is 9.52 Å². The predicted molar refractivity (Wildman–Crippen MR) is 123 cm³/mol. The fourth-order valence-corrected chi connectivity index (χ4v) is 3.86. The molecule has 2 aromatic carbocycles. The summed E-state index contributed by atoms with van der Waals surface area (Å²) < 4.78 is 33.3. The molecule has 0 aliphatic rings. The molecule has 1 N–H and O–H groups in total. The quantitative estimate of drug-likeness (QED) is 0.348. The van der Waals surface area contributed by atoms with Crippen LogP contribution in [0.3, 0.4) is 0 Å². The highest BCUT2D eigenvalue weighted by Crippen LogP contribution is 2.23. The van der Waals surface area contributed by atoms with Crippen LogP contribution in [0.1, 0.15) is 35.4 Å². The van der Waals surface area contributed by atoms with Crippen molar-refractivity contribution in [3.05, 3.63) is 107 Å². The maximum Gasteiger partial charge on any atom is 0.307 e. The Morgan fingerprint density at radius 1 is 0.971 bits per heavy atom. The first-order chi connectivity index (χ1) is 16.4. The summed E-state index contributed by atoms with van der Waals surface area (Å²) in [6.07, 6.45) is 2.74. The van der Waals surface area contributed by atoms with E-state index in [-0.39, 0.29) is 19.3 Å². The molecule has 0 fully saturated rings. The van der Waals surface area contributed by atoms with E-state index in [1.165, 1.54) is 12.1 Å². The molecule has 5 nitrogen and oxygen atoms in total. The lowest BCUT2D eigenvalue weighted by atomic mass is 9.95. The van der Waals surface area contributed by atoms with Crippen LogP contribution in [0.25, 0.3) is 11.3 Å². The number of carbonyl (C=O) groups is 1. The molecule has 4 rings (SSSR count). The minimum Gasteiger partial charge on any atom is -0.481 e. The fourth-order valence-electron chi connectivity index (χ4n) is 3.86. The Balaban J connectivity index is 1.68. The zero-order valence-corrected chi connectivity index (χ0v) is 18.7. The number of furan rings is 1. The van der Waals surface area contributed by atoms with Gasteiger partial charge in [-0.1, -0.05) is 37.3 Å². The van der Waals surface area contributed by atoms with E-state index in [2.05, 4.69) is 4.98 Å². The van der Waals surface area contributed by atoms with E-state index in [1.54, 1.807) is 12.3 Å². The van der Waals surface area contributed by atoms with Crippen LogP contribution in [0.2, 0.25) is 0 Å². The van der Waals surface area contributed by atoms with Crippen molar-refractivity contribution in [2.75, 3.05) is 0 Å². The van der Waals surface area contributed by atoms with E-state index in [1.807, 2.05) is 43.3 Å². The zero-order valence-electron chi connectivity index (χ0n) is 18.7. The Hall–Kier alpha value is -3.87. The highest BCUT2D eigenvalue weighted by Gasteiger charge is 2.23. The summed E-state index contributed by atoms with van der Waals surface area (Å²) in [6.45, 7) is 1.96. The van der Waals surface area contributed by atoms with Gasteiger partial charge in [-0.05, 0) is 29.8 Å². The molecule has 0 saturated carbocycles. The molecule has 0 amide bonds. The van der Waals surface area contributed by atoms with E-state index in [9.17, 15) is 18.7 Å². The molecule has 2 aromatic heterocycles. The Labute approximate surface area is 196 Å². The average molecular weight is 462 g/mol. The fraction of sp³-hybridized carbons (Fsp3) is 0.222. The summed E-state index contributed by atoms with van der Waals surface area (Å²) in [5.41, 5.74) is 2.78. The van der Waals surface area contributed by atoms with Crippen molar-refractivity contribution in [1.29, 1.82) is 0 Å². The summed E-state index contributed by atoms with van der Waals surface area (Å²) in [7, 11) is 0. The normalized spacial score (nSPS) is 12.0. The Bertz CT molecular complexity index is 1270. The first kappa shape index (κ1) is 23.3. The number of carboxylic acids is 1. The molecule has 174 valence electrons. The molecular weight excluding hydrogens is 438 g/mol. The van der Waals surface area contributed by atoms with Crippen LogP contribution in [0.4, 0.5) is 8.78 Å². The molecule has 0 aliphatic heterocycles. The maximum absolute atomic E-state index is 13.8. The summed E-state index contributed by atoms with van der Waals surface area (Å²) in [5.74, 6) is -1.76. The van der Waals surface area contributed by atoms with E-state index in [0.717, 1.165) is 23.8 Å². The third-order valence-electron chi connectivity index (χ3n) is 5.60. The van der Waals surface area contributed by atoms with Gasteiger partial charge in [0.05, 0.1) is 29.2 Å². The number of hydrogen-bond acceptors (Lipinski definition) is 4. The van der Waals surface area contributed by atoms with Gasteiger partial charge in [0.1, 0.15) is 23.2 Å². The van der Waals surface area contributed by atoms with Crippen LogP contribution in [0.15, 0.2) is 71.3 Å². The number of halogens is 2. The monoisotopic (exact) mass is 462 g/mol. The topological polar surface area (TPSA) is 76.2 Å². The van der Waals surface area contributed by atoms with Crippen molar-refractivity contribution in [2.45, 2.75) is 32.6 Å². The van der Waals surface area contributed by atoms with Crippen molar-refractivity contribution in [1.82, 2.24) is 9.97 Å².